The van der Waals surface area contributed by atoms with Crippen LogP contribution in [0, 0.1) is 17.0 Å². The van der Waals surface area contributed by atoms with Gasteiger partial charge in [-0.05, 0) is 37.2 Å². The van der Waals surface area contributed by atoms with Crippen molar-refractivity contribution in [2.75, 3.05) is 30.3 Å². The molecule has 10 heteroatoms. The molecule has 0 bridgehead atoms. The maximum absolute atomic E-state index is 12.3. The smallest absolute Gasteiger partial charge is 0.271 e. The molecule has 29 heavy (non-hydrogen) atoms. The molecule has 8 nitrogen and oxygen atoms in total. The van der Waals surface area contributed by atoms with Crippen molar-refractivity contribution in [3.8, 4) is 0 Å². The van der Waals surface area contributed by atoms with Crippen LogP contribution in [-0.2, 0) is 9.59 Å². The van der Waals surface area contributed by atoms with Gasteiger partial charge in [-0.3, -0.25) is 24.6 Å². The molecule has 0 saturated heterocycles. The fraction of sp³-hybridized carbons (Fsp3) is 0.263. The molecule has 0 spiro atoms. The third-order valence-electron chi connectivity index (χ3n) is 4.09. The molecule has 0 saturated carbocycles. The van der Waals surface area contributed by atoms with E-state index >= 15 is 0 Å². The maximum atomic E-state index is 12.3. The number of rotatable bonds is 8. The maximum Gasteiger partial charge on any atom is 0.271 e. The first-order chi connectivity index (χ1) is 13.7. The number of carbonyl (C=O) groups is 2. The van der Waals surface area contributed by atoms with Gasteiger partial charge in [-0.15, -0.1) is 0 Å². The zero-order valence-electron chi connectivity index (χ0n) is 15.9. The van der Waals surface area contributed by atoms with Crippen molar-refractivity contribution in [1.29, 1.82) is 0 Å². The molecule has 2 N–H and O–H groups in total. The summed E-state index contributed by atoms with van der Waals surface area (Å²) >= 11 is 11.9. The van der Waals surface area contributed by atoms with E-state index in [0.717, 1.165) is 11.6 Å². The second-order valence-electron chi connectivity index (χ2n) is 6.28. The van der Waals surface area contributed by atoms with Crippen LogP contribution in [0.25, 0.3) is 0 Å². The molecule has 0 atom stereocenters. The molecular formula is C19H20Cl2N4O4. The SMILES string of the molecule is CCN(CC(=O)Nc1cc(Cl)ccc1C)CC(=O)Nc1ccc([N+](=O)[O-])cc1Cl. The lowest BCUT2D eigenvalue weighted by Gasteiger charge is -2.20. The predicted octanol–water partition coefficient (Wildman–Crippen LogP) is 4.11. The fourth-order valence-electron chi connectivity index (χ4n) is 2.51. The van der Waals surface area contributed by atoms with E-state index in [-0.39, 0.29) is 35.4 Å². The lowest BCUT2D eigenvalue weighted by Crippen LogP contribution is -2.38. The number of likely N-dealkylation sites (N-methyl/N-ethyl adjacent to an activating group) is 1. The van der Waals surface area contributed by atoms with Crippen LogP contribution in [0.1, 0.15) is 12.5 Å². The van der Waals surface area contributed by atoms with E-state index < -0.39 is 10.8 Å². The van der Waals surface area contributed by atoms with Crippen molar-refractivity contribution in [2.45, 2.75) is 13.8 Å². The highest BCUT2D eigenvalue weighted by molar-refractivity contribution is 6.34. The molecule has 0 aromatic heterocycles. The normalized spacial score (nSPS) is 10.7. The molecule has 154 valence electrons. The Morgan fingerprint density at radius 2 is 1.66 bits per heavy atom. The number of hydrogen-bond donors (Lipinski definition) is 2. The van der Waals surface area contributed by atoms with Gasteiger partial charge in [-0.25, -0.2) is 0 Å². The van der Waals surface area contributed by atoms with Crippen molar-refractivity contribution in [2.24, 2.45) is 0 Å². The van der Waals surface area contributed by atoms with Gasteiger partial charge in [0.2, 0.25) is 11.8 Å². The lowest BCUT2D eigenvalue weighted by atomic mass is 10.2. The number of benzene rings is 2. The van der Waals surface area contributed by atoms with Crippen LogP contribution >= 0.6 is 23.2 Å². The topological polar surface area (TPSA) is 105 Å². The molecule has 2 rings (SSSR count). The van der Waals surface area contributed by atoms with Crippen LogP contribution < -0.4 is 10.6 Å². The molecule has 0 fully saturated rings. The average Bonchev–Trinajstić information content (AvgIpc) is 2.65. The summed E-state index contributed by atoms with van der Waals surface area (Å²) in [5.74, 6) is -0.673. The Hall–Kier alpha value is -2.68. The summed E-state index contributed by atoms with van der Waals surface area (Å²) in [6, 6.07) is 8.97. The van der Waals surface area contributed by atoms with Crippen molar-refractivity contribution in [3.63, 3.8) is 0 Å². The van der Waals surface area contributed by atoms with Gasteiger partial charge in [0, 0.05) is 22.8 Å². The number of nitro benzene ring substituents is 1. The second kappa shape index (κ2) is 10.2. The molecule has 0 radical (unpaired) electrons. The van der Waals surface area contributed by atoms with Gasteiger partial charge in [-0.2, -0.15) is 0 Å². The highest BCUT2D eigenvalue weighted by Crippen LogP contribution is 2.26. The number of hydrogen-bond acceptors (Lipinski definition) is 5. The van der Waals surface area contributed by atoms with Crippen LogP contribution in [0.15, 0.2) is 36.4 Å². The Kier molecular flexibility index (Phi) is 7.95. The minimum Gasteiger partial charge on any atom is -0.325 e. The van der Waals surface area contributed by atoms with Crippen LogP contribution in [0.5, 0.6) is 0 Å². The van der Waals surface area contributed by atoms with E-state index in [1.807, 2.05) is 13.8 Å². The molecule has 2 aromatic rings. The summed E-state index contributed by atoms with van der Waals surface area (Å²) in [7, 11) is 0. The van der Waals surface area contributed by atoms with Gasteiger partial charge < -0.3 is 10.6 Å². The summed E-state index contributed by atoms with van der Waals surface area (Å²) in [6.45, 7) is 4.09. The largest absolute Gasteiger partial charge is 0.325 e. The van der Waals surface area contributed by atoms with E-state index in [0.29, 0.717) is 17.3 Å². The minimum atomic E-state index is -0.573. The minimum absolute atomic E-state index is 0.00384. The van der Waals surface area contributed by atoms with Crippen molar-refractivity contribution < 1.29 is 14.5 Å². The number of amides is 2. The number of carbonyl (C=O) groups excluding carboxylic acids is 2. The molecule has 0 aliphatic rings. The number of nitrogens with one attached hydrogen (secondary N) is 2. The van der Waals surface area contributed by atoms with Gasteiger partial charge in [0.15, 0.2) is 0 Å². The molecule has 0 aliphatic carbocycles. The van der Waals surface area contributed by atoms with Crippen LogP contribution in [-0.4, -0.2) is 41.3 Å². The highest BCUT2D eigenvalue weighted by Gasteiger charge is 2.16. The van der Waals surface area contributed by atoms with Gasteiger partial charge >= 0.3 is 0 Å². The number of halogens is 2. The van der Waals surface area contributed by atoms with Gasteiger partial charge in [-0.1, -0.05) is 36.2 Å². The number of nitrogens with zero attached hydrogens (tertiary/aromatic N) is 2. The van der Waals surface area contributed by atoms with Gasteiger partial charge in [0.05, 0.1) is 28.7 Å². The first kappa shape index (κ1) is 22.6. The molecular weight excluding hydrogens is 419 g/mol. The van der Waals surface area contributed by atoms with E-state index in [1.165, 1.54) is 12.1 Å². The summed E-state index contributed by atoms with van der Waals surface area (Å²) in [6.07, 6.45) is 0. The first-order valence-corrected chi connectivity index (χ1v) is 9.47. The summed E-state index contributed by atoms with van der Waals surface area (Å²) in [4.78, 5) is 36.4. The summed E-state index contributed by atoms with van der Waals surface area (Å²) < 4.78 is 0. The molecule has 0 heterocycles. The molecule has 0 aliphatic heterocycles. The third-order valence-corrected chi connectivity index (χ3v) is 4.64. The number of nitro groups is 1. The number of aryl methyl sites for hydroxylation is 1. The van der Waals surface area contributed by atoms with Crippen molar-refractivity contribution in [1.82, 2.24) is 4.90 Å². The highest BCUT2D eigenvalue weighted by atomic mass is 35.5. The standard InChI is InChI=1S/C19H20Cl2N4O4/c1-3-24(11-19(27)23-17-8-13(20)5-4-12(17)2)10-18(26)22-16-7-6-14(25(28)29)9-15(16)21/h4-9H,3,10-11H2,1-2H3,(H,22,26)(H,23,27). The Morgan fingerprint density at radius 3 is 2.21 bits per heavy atom. The number of anilines is 2. The lowest BCUT2D eigenvalue weighted by molar-refractivity contribution is -0.384. The zero-order chi connectivity index (χ0) is 21.6. The van der Waals surface area contributed by atoms with E-state index in [4.69, 9.17) is 23.2 Å². The van der Waals surface area contributed by atoms with Crippen molar-refractivity contribution >= 4 is 52.1 Å². The quantitative estimate of drug-likeness (QED) is 0.476. The van der Waals surface area contributed by atoms with Crippen molar-refractivity contribution in [3.05, 3.63) is 62.1 Å². The monoisotopic (exact) mass is 438 g/mol. The Balaban J connectivity index is 1.95. The zero-order valence-corrected chi connectivity index (χ0v) is 17.4. The van der Waals surface area contributed by atoms with Crippen LogP contribution in [0.3, 0.4) is 0 Å². The molecule has 0 unspecified atom stereocenters. The number of non-ortho nitro benzene ring substituents is 1. The first-order valence-electron chi connectivity index (χ1n) is 8.71. The van der Waals surface area contributed by atoms with Gasteiger partial charge in [0.1, 0.15) is 0 Å². The second-order valence-corrected chi connectivity index (χ2v) is 7.12. The summed E-state index contributed by atoms with van der Waals surface area (Å²) in [5.41, 5.74) is 1.57. The summed E-state index contributed by atoms with van der Waals surface area (Å²) in [5, 5.41) is 16.7. The van der Waals surface area contributed by atoms with E-state index in [2.05, 4.69) is 10.6 Å². The van der Waals surface area contributed by atoms with E-state index in [1.54, 1.807) is 23.1 Å². The Bertz CT molecular complexity index is 936. The van der Waals surface area contributed by atoms with Gasteiger partial charge in [0.25, 0.3) is 5.69 Å². The molecule has 2 amide bonds. The fourth-order valence-corrected chi connectivity index (χ4v) is 2.91. The predicted molar refractivity (Wildman–Crippen MR) is 114 cm³/mol. The Labute approximate surface area is 177 Å². The van der Waals surface area contributed by atoms with Crippen LogP contribution in [0.2, 0.25) is 10.0 Å². The average molecular weight is 439 g/mol. The van der Waals surface area contributed by atoms with Crippen LogP contribution in [0.4, 0.5) is 17.1 Å². The molecule has 2 aromatic carbocycles. The van der Waals surface area contributed by atoms with E-state index in [9.17, 15) is 19.7 Å². The Morgan fingerprint density at radius 1 is 1.03 bits per heavy atom. The third kappa shape index (κ3) is 6.70.